The number of hydrogen-bond acceptors (Lipinski definition) is 32. The first-order valence-corrected chi connectivity index (χ1v) is 49.1. The Morgan fingerprint density at radius 1 is 0.358 bits per heavy atom. The van der Waals surface area contributed by atoms with Crippen LogP contribution in [0.3, 0.4) is 0 Å². The number of nitrogens with one attached hydrogen (secondary N) is 6. The number of carbonyl (C=O) groups is 4. The maximum atomic E-state index is 15.1. The number of anilines is 4. The molecule has 2 aliphatic carbocycles. The number of aromatic amines is 4. The van der Waals surface area contributed by atoms with Gasteiger partial charge in [-0.05, 0) is 132 Å². The van der Waals surface area contributed by atoms with E-state index in [9.17, 15) is 123 Å². The maximum Gasteiger partial charge on any atom is 0.305 e. The van der Waals surface area contributed by atoms with Crippen molar-refractivity contribution in [3.63, 3.8) is 0 Å². The summed E-state index contributed by atoms with van der Waals surface area (Å²) in [4.78, 5) is 117. The van der Waals surface area contributed by atoms with Crippen molar-refractivity contribution in [1.29, 1.82) is 0 Å². The minimum absolute atomic E-state index is 0.00310. The van der Waals surface area contributed by atoms with E-state index >= 15 is 9.59 Å². The average molecular weight is 1980 g/mol. The van der Waals surface area contributed by atoms with Gasteiger partial charge in [0.1, 0.15) is 31.1 Å². The lowest BCUT2D eigenvalue weighted by Gasteiger charge is -2.26. The van der Waals surface area contributed by atoms with Gasteiger partial charge < -0.3 is 29.2 Å². The molecular weight excluding hydrogens is 1930 g/mol. The Balaban J connectivity index is 0.826. The van der Waals surface area contributed by atoms with Gasteiger partial charge in [-0.15, -0.1) is 0 Å². The fraction of sp³-hybridized carbons (Fsp3) is 0.0500. The third kappa shape index (κ3) is 18.0. The van der Waals surface area contributed by atoms with Crippen LogP contribution in [0, 0.1) is 0 Å². The number of ketones is 4. The summed E-state index contributed by atoms with van der Waals surface area (Å²) >= 11 is 0. The van der Waals surface area contributed by atoms with Crippen molar-refractivity contribution in [2.75, 3.05) is 23.7 Å². The number of rotatable bonds is 25. The van der Waals surface area contributed by atoms with Crippen molar-refractivity contribution in [2.24, 2.45) is 34.1 Å². The molecular formula is C80H56N14O32S8. The lowest BCUT2D eigenvalue weighted by atomic mass is 9.80. The zero-order valence-corrected chi connectivity index (χ0v) is 73.6. The van der Waals surface area contributed by atoms with Crippen LogP contribution in [0.25, 0.3) is 44.1 Å². The largest absolute Gasteiger partial charge is 0.426 e. The molecule has 54 heteroatoms. The molecule has 0 fully saturated rings. The summed E-state index contributed by atoms with van der Waals surface area (Å²) in [6.07, 6.45) is 0. The molecule has 2 aliphatic rings. The van der Waals surface area contributed by atoms with E-state index in [1.807, 2.05) is 0 Å². The summed E-state index contributed by atoms with van der Waals surface area (Å²) in [6, 6.07) is 32.0. The highest BCUT2D eigenvalue weighted by molar-refractivity contribution is 7.88. The number of hydrogen-bond donors (Lipinski definition) is 14. The zero-order valence-electron chi connectivity index (χ0n) is 67.1. The summed E-state index contributed by atoms with van der Waals surface area (Å²) in [7, 11) is -39.9. The van der Waals surface area contributed by atoms with Gasteiger partial charge in [0.2, 0.25) is 22.5 Å². The number of pyridine rings is 2. The van der Waals surface area contributed by atoms with Crippen LogP contribution in [0.15, 0.2) is 263 Å². The molecule has 0 spiro atoms. The van der Waals surface area contributed by atoms with Crippen LogP contribution >= 0.6 is 0 Å². The van der Waals surface area contributed by atoms with E-state index in [2.05, 4.69) is 60.5 Å². The summed E-state index contributed by atoms with van der Waals surface area (Å²) in [6.45, 7) is -1.18. The van der Waals surface area contributed by atoms with Gasteiger partial charge in [-0.1, -0.05) is 72.8 Å². The number of aromatic nitrogens is 8. The molecule has 10 aromatic carbocycles. The molecule has 0 aliphatic heterocycles. The number of carbonyl (C=O) groups excluding carboxylic acids is 4. The summed E-state index contributed by atoms with van der Waals surface area (Å²) < 4.78 is 302. The molecule has 14 N–H and O–H groups in total. The van der Waals surface area contributed by atoms with E-state index in [0.29, 0.717) is 12.1 Å². The second-order valence-electron chi connectivity index (χ2n) is 29.0. The van der Waals surface area contributed by atoms with Gasteiger partial charge >= 0.3 is 12.0 Å². The molecule has 4 aromatic heterocycles. The third-order valence-corrected chi connectivity index (χ3v) is 27.6. The van der Waals surface area contributed by atoms with Gasteiger partial charge in [-0.2, -0.15) is 77.3 Å². The molecule has 16 rings (SSSR count). The molecule has 14 aromatic rings. The predicted octanol–water partition coefficient (Wildman–Crippen LogP) is 6.39. The van der Waals surface area contributed by atoms with Gasteiger partial charge in [0.25, 0.3) is 92.1 Å². The monoisotopic (exact) mass is 1980 g/mol. The Bertz CT molecular complexity index is 8590. The molecule has 0 amide bonds. The SMILES string of the molecule is Cn1c(=O)c(C(=O)c2cccc(S(=O)(=O)O)c2)c2c3c(c(Nc4cc(N=c5[nH]c(Oc6ccc(S(=O)(=O)O)cc6)nc(=NCCN=c6nc(Oc7ccc(S(=O)(=O)O)cc7)[nH]c(=Nc7cc(Nc8ccc9c%10c8C(=O)c8ccccc8-c%10c(C(=O)c8cccc(S(=O)(=O)O)c8)c(=O)n9C)c(S(=O)(=O)O)cc7S(=O)(=O)O)[nH]6)[nH]5)c(S(=O)(=O)O)cc4S(=O)(=O)O)ccc31)C(=O)c1ccccc1-2. The van der Waals surface area contributed by atoms with Crippen molar-refractivity contribution >= 4 is 160 Å². The van der Waals surface area contributed by atoms with Crippen LogP contribution in [0.1, 0.15) is 63.7 Å². The van der Waals surface area contributed by atoms with Crippen molar-refractivity contribution in [3.8, 4) is 45.8 Å². The lowest BCUT2D eigenvalue weighted by molar-refractivity contribution is 0.102. The Morgan fingerprint density at radius 3 is 1.02 bits per heavy atom. The number of aryl methyl sites for hydroxylation is 2. The smallest absolute Gasteiger partial charge is 0.305 e. The Morgan fingerprint density at radius 2 is 0.694 bits per heavy atom. The molecule has 4 heterocycles. The molecule has 0 radical (unpaired) electrons. The number of nitrogens with zero attached hydrogens (tertiary/aromatic N) is 8. The highest BCUT2D eigenvalue weighted by Crippen LogP contribution is 2.48. The fourth-order valence-corrected chi connectivity index (χ4v) is 19.5. The number of ether oxygens (including phenoxy) is 2. The summed E-state index contributed by atoms with van der Waals surface area (Å²) in [5.74, 6) is -4.44. The van der Waals surface area contributed by atoms with Crippen LogP contribution in [0.2, 0.25) is 0 Å². The van der Waals surface area contributed by atoms with Crippen molar-refractivity contribution in [1.82, 2.24) is 39.0 Å². The van der Waals surface area contributed by atoms with Crippen LogP contribution in [-0.2, 0) is 95.0 Å². The number of fused-ring (bicyclic) bond motifs is 4. The van der Waals surface area contributed by atoms with Gasteiger partial charge in [-0.25, -0.2) is 20.0 Å². The molecule has 0 atom stereocenters. The highest BCUT2D eigenvalue weighted by atomic mass is 32.2. The van der Waals surface area contributed by atoms with E-state index in [0.717, 1.165) is 118 Å². The Hall–Kier alpha value is -15.0. The quantitative estimate of drug-likeness (QED) is 0.0167. The van der Waals surface area contributed by atoms with Crippen molar-refractivity contribution < 1.29 is 132 Å². The van der Waals surface area contributed by atoms with Gasteiger partial charge in [-0.3, -0.25) is 85.1 Å². The topological polar surface area (TPSA) is 728 Å². The maximum absolute atomic E-state index is 15.1. The van der Waals surface area contributed by atoms with Crippen LogP contribution < -0.4 is 53.7 Å². The molecule has 0 saturated carbocycles. The Kier molecular flexibility index (Phi) is 23.2. The van der Waals surface area contributed by atoms with Gasteiger partial charge in [0, 0.05) is 58.2 Å². The van der Waals surface area contributed by atoms with Gasteiger partial charge in [0.05, 0.1) is 100 Å². The molecule has 686 valence electrons. The minimum atomic E-state index is -5.72. The zero-order chi connectivity index (χ0) is 96.5. The van der Waals surface area contributed by atoms with E-state index in [4.69, 9.17) is 9.47 Å². The van der Waals surface area contributed by atoms with E-state index in [1.54, 1.807) is 0 Å². The van der Waals surface area contributed by atoms with Crippen molar-refractivity contribution in [3.05, 3.63) is 282 Å². The lowest BCUT2D eigenvalue weighted by Crippen LogP contribution is -2.29. The van der Waals surface area contributed by atoms with E-state index < -0.39 is 258 Å². The first-order chi connectivity index (χ1) is 62.8. The average Bonchev–Trinajstić information content (AvgIpc) is 0.707. The van der Waals surface area contributed by atoms with E-state index in [-0.39, 0.29) is 90.2 Å². The first kappa shape index (κ1) is 92.3. The predicted molar refractivity (Wildman–Crippen MR) is 464 cm³/mol. The van der Waals surface area contributed by atoms with Crippen LogP contribution in [-0.4, -0.2) is 179 Å². The minimum Gasteiger partial charge on any atom is -0.426 e. The molecule has 0 bridgehead atoms. The summed E-state index contributed by atoms with van der Waals surface area (Å²) in [5.41, 5.74) is -12.6. The van der Waals surface area contributed by atoms with E-state index in [1.165, 1.54) is 74.8 Å². The normalized spacial score (nSPS) is 13.6. The Labute approximate surface area is 750 Å². The number of H-pyrrole nitrogens is 4. The fourth-order valence-electron chi connectivity index (χ4n) is 14.7. The number of benzene rings is 10. The molecule has 46 nitrogen and oxygen atoms in total. The van der Waals surface area contributed by atoms with Crippen LogP contribution in [0.5, 0.6) is 23.5 Å². The molecule has 0 saturated heterocycles. The van der Waals surface area contributed by atoms with Gasteiger partial charge in [0.15, 0.2) is 23.1 Å². The second-order valence-corrected chi connectivity index (χ2v) is 40.2. The second kappa shape index (κ2) is 33.7. The van der Waals surface area contributed by atoms with Crippen molar-refractivity contribution in [2.45, 2.75) is 39.2 Å². The third-order valence-electron chi connectivity index (χ3n) is 20.6. The first-order valence-electron chi connectivity index (χ1n) is 37.5. The molecule has 134 heavy (non-hydrogen) atoms. The standard InChI is InChI=1S/C80H56N14O32S8/c1-93-55-27-25-49(63-65(55)61(45-13-3-5-15-47(45)71(63)97)67(73(93)99)69(95)37-9-7-11-43(31-37)129(107,108)109)83-51-33-53(59(133(119,120)121)35-57(51)131(113,114)115)85-77-87-75(89-79(91-77)125-39-17-21-41(22-18-39)127(101,102)103)81-29-30-82-76-88-78(92-80(90-76)126-40-19-23-42(24-20-40)128(104,105)106)86-54-34-52(58(132(116,117)118)36-60(54)134(122,123)124)84-50-26-28-56-66-62(46-14-4-6-16-48(46)72(98)64(50)66)68(74(100)94(56)2)70(96)38-10-8-12-44(32-38)130(110,111)112/h3-28,31-36,83-84H,29-30H2,1-2H3,(H,101,102,103)(H,104,105,106)(H,107,108,109)(H,110,111,112)(H,113,114,115)(H,116,117,118)(H,119,120,121)(H,122,123,124)(H2,81,85,87,89,91)(H2,82,86,88,90,92). The highest BCUT2D eigenvalue weighted by Gasteiger charge is 2.39. The van der Waals surface area contributed by atoms with Crippen LogP contribution in [0.4, 0.5) is 34.1 Å². The molecule has 0 unspecified atom stereocenters. The summed E-state index contributed by atoms with van der Waals surface area (Å²) in [5, 5.41) is 5.09.